The van der Waals surface area contributed by atoms with Gasteiger partial charge in [-0.2, -0.15) is 0 Å². The molecule has 0 saturated carbocycles. The summed E-state index contributed by atoms with van der Waals surface area (Å²) in [5.74, 6) is 0.997. The summed E-state index contributed by atoms with van der Waals surface area (Å²) in [5.41, 5.74) is 1.06. The van der Waals surface area contributed by atoms with Crippen LogP contribution >= 0.6 is 28.3 Å². The van der Waals surface area contributed by atoms with E-state index in [9.17, 15) is 0 Å². The Hall–Kier alpha value is 0.140. The summed E-state index contributed by atoms with van der Waals surface area (Å²) in [6.45, 7) is 4.18. The Kier molecular flexibility index (Phi) is 2.28. The predicted molar refractivity (Wildman–Crippen MR) is 70.7 cm³/mol. The molecule has 15 heavy (non-hydrogen) atoms. The second-order valence-corrected chi connectivity index (χ2v) is 6.91. The molecule has 0 amide bonds. The van der Waals surface area contributed by atoms with Gasteiger partial charge in [-0.3, -0.25) is 0 Å². The van der Waals surface area contributed by atoms with Gasteiger partial charge in [0.05, 0.1) is 0 Å². The lowest BCUT2D eigenvalue weighted by Gasteiger charge is -2.29. The molecule has 2 nitrogen and oxygen atoms in total. The van der Waals surface area contributed by atoms with Crippen molar-refractivity contribution in [3.8, 4) is 5.75 Å². The van der Waals surface area contributed by atoms with Gasteiger partial charge >= 0.3 is 0 Å². The van der Waals surface area contributed by atoms with Gasteiger partial charge in [0.2, 0.25) is 0 Å². The molecule has 3 unspecified atom stereocenters. The molecule has 2 heterocycles. The van der Waals surface area contributed by atoms with Gasteiger partial charge in [-0.1, -0.05) is 28.1 Å². The maximum Gasteiger partial charge on any atom is 0.132 e. The Morgan fingerprint density at radius 3 is 2.93 bits per heavy atom. The molecule has 1 fully saturated rings. The maximum absolute atomic E-state index is 5.95. The van der Waals surface area contributed by atoms with Crippen molar-refractivity contribution in [2.75, 3.05) is 0 Å². The van der Waals surface area contributed by atoms with E-state index in [1.807, 2.05) is 0 Å². The lowest BCUT2D eigenvalue weighted by molar-refractivity contribution is 0.0726. The third kappa shape index (κ3) is 1.60. The van der Waals surface area contributed by atoms with E-state index < -0.39 is 0 Å². The standard InChI is InChI=1S/C11H12IO2P/c1-11(2)10-9(13-10)7-5-6(15-12)3-4-8(7)14-11/h3-5,9-10,15H,1-2H3. The molecule has 80 valence electrons. The Morgan fingerprint density at radius 2 is 2.20 bits per heavy atom. The minimum atomic E-state index is -0.175. The van der Waals surface area contributed by atoms with Crippen LogP contribution in [0.5, 0.6) is 5.75 Å². The number of epoxide rings is 1. The zero-order valence-corrected chi connectivity index (χ0v) is 11.7. The molecule has 3 rings (SSSR count). The van der Waals surface area contributed by atoms with Crippen molar-refractivity contribution in [3.05, 3.63) is 23.8 Å². The third-order valence-corrected chi connectivity index (χ3v) is 5.37. The van der Waals surface area contributed by atoms with Crippen molar-refractivity contribution in [3.63, 3.8) is 0 Å². The fraction of sp³-hybridized carbons (Fsp3) is 0.455. The second-order valence-electron chi connectivity index (χ2n) is 4.53. The first-order chi connectivity index (χ1) is 7.12. The quantitative estimate of drug-likeness (QED) is 0.448. The van der Waals surface area contributed by atoms with Crippen LogP contribution in [0, 0.1) is 0 Å². The van der Waals surface area contributed by atoms with Gasteiger partial charge in [0.1, 0.15) is 23.6 Å². The highest BCUT2D eigenvalue weighted by atomic mass is 127. The Labute approximate surface area is 104 Å². The van der Waals surface area contributed by atoms with Gasteiger partial charge in [0.15, 0.2) is 0 Å². The van der Waals surface area contributed by atoms with Crippen molar-refractivity contribution in [1.82, 2.24) is 0 Å². The van der Waals surface area contributed by atoms with Gasteiger partial charge in [0, 0.05) is 5.56 Å². The van der Waals surface area contributed by atoms with E-state index in [2.05, 4.69) is 54.1 Å². The highest BCUT2D eigenvalue weighted by molar-refractivity contribution is 14.2. The second kappa shape index (κ2) is 3.31. The predicted octanol–water partition coefficient (Wildman–Crippen LogP) is 2.95. The summed E-state index contributed by atoms with van der Waals surface area (Å²) in [6.07, 6.45) is 1.33. The molecular formula is C11H12IO2P. The Balaban J connectivity index is 2.05. The molecule has 0 aliphatic carbocycles. The molecule has 0 aromatic heterocycles. The zero-order chi connectivity index (χ0) is 10.6. The summed E-state index contributed by atoms with van der Waals surface area (Å²) in [6, 6.07) is 6.44. The van der Waals surface area contributed by atoms with E-state index in [1.165, 1.54) is 10.9 Å². The van der Waals surface area contributed by atoms with Crippen molar-refractivity contribution in [1.29, 1.82) is 0 Å². The van der Waals surface area contributed by atoms with Crippen LogP contribution < -0.4 is 10.0 Å². The van der Waals surface area contributed by atoms with E-state index in [-0.39, 0.29) is 17.8 Å². The molecule has 3 atom stereocenters. The third-order valence-electron chi connectivity index (χ3n) is 2.98. The van der Waals surface area contributed by atoms with Crippen LogP contribution in [0.25, 0.3) is 0 Å². The minimum absolute atomic E-state index is 0.175. The smallest absolute Gasteiger partial charge is 0.132 e. The van der Waals surface area contributed by atoms with Crippen LogP contribution in [0.3, 0.4) is 0 Å². The number of ether oxygens (including phenoxy) is 2. The fourth-order valence-electron chi connectivity index (χ4n) is 2.14. The summed E-state index contributed by atoms with van der Waals surface area (Å²) in [7, 11) is 0. The van der Waals surface area contributed by atoms with Crippen LogP contribution in [0.15, 0.2) is 18.2 Å². The molecule has 0 N–H and O–H groups in total. The van der Waals surface area contributed by atoms with Crippen molar-refractivity contribution in [2.24, 2.45) is 0 Å². The highest BCUT2D eigenvalue weighted by Gasteiger charge is 2.56. The largest absolute Gasteiger partial charge is 0.485 e. The summed E-state index contributed by atoms with van der Waals surface area (Å²) >= 11 is 2.40. The average molecular weight is 334 g/mol. The maximum atomic E-state index is 5.95. The van der Waals surface area contributed by atoms with Crippen LogP contribution in [-0.2, 0) is 4.74 Å². The molecule has 0 radical (unpaired) electrons. The Morgan fingerprint density at radius 1 is 1.40 bits per heavy atom. The van der Waals surface area contributed by atoms with Crippen LogP contribution in [0.1, 0.15) is 25.5 Å². The van der Waals surface area contributed by atoms with Crippen LogP contribution in [-0.4, -0.2) is 11.7 Å². The summed E-state index contributed by atoms with van der Waals surface area (Å²) in [5, 5.41) is 1.37. The molecule has 1 aromatic rings. The first-order valence-corrected chi connectivity index (χ1v) is 9.08. The number of halogens is 1. The van der Waals surface area contributed by atoms with E-state index in [0.717, 1.165) is 12.0 Å². The van der Waals surface area contributed by atoms with Gasteiger partial charge in [0.25, 0.3) is 0 Å². The number of hydrogen-bond acceptors (Lipinski definition) is 2. The van der Waals surface area contributed by atoms with Gasteiger partial charge < -0.3 is 9.47 Å². The van der Waals surface area contributed by atoms with Crippen molar-refractivity contribution >= 4 is 33.6 Å². The van der Waals surface area contributed by atoms with Gasteiger partial charge in [-0.25, -0.2) is 0 Å². The molecule has 0 bridgehead atoms. The topological polar surface area (TPSA) is 21.8 Å². The number of benzene rings is 1. The minimum Gasteiger partial charge on any atom is -0.485 e. The lowest BCUT2D eigenvalue weighted by Crippen LogP contribution is -2.37. The van der Waals surface area contributed by atoms with Gasteiger partial charge in [-0.15, -0.1) is 0 Å². The summed E-state index contributed by atoms with van der Waals surface area (Å²) < 4.78 is 11.6. The molecule has 2 aliphatic rings. The van der Waals surface area contributed by atoms with E-state index in [4.69, 9.17) is 9.47 Å². The lowest BCUT2D eigenvalue weighted by atomic mass is 9.94. The average Bonchev–Trinajstić information content (AvgIpc) is 2.97. The first-order valence-electron chi connectivity index (χ1n) is 4.97. The van der Waals surface area contributed by atoms with E-state index in [0.29, 0.717) is 0 Å². The molecule has 1 aromatic carbocycles. The number of rotatable bonds is 1. The van der Waals surface area contributed by atoms with Crippen LogP contribution in [0.2, 0.25) is 0 Å². The Bertz CT molecular complexity index is 419. The monoisotopic (exact) mass is 334 g/mol. The van der Waals surface area contributed by atoms with E-state index in [1.54, 1.807) is 0 Å². The zero-order valence-electron chi connectivity index (χ0n) is 8.58. The molecule has 0 spiro atoms. The van der Waals surface area contributed by atoms with E-state index >= 15 is 0 Å². The number of hydrogen-bond donors (Lipinski definition) is 0. The molecule has 1 saturated heterocycles. The molecule has 2 aliphatic heterocycles. The normalized spacial score (nSPS) is 30.9. The summed E-state index contributed by atoms with van der Waals surface area (Å²) in [4.78, 5) is 0. The SMILES string of the molecule is CC1(C)Oc2ccc(PI)cc2C2OC21. The van der Waals surface area contributed by atoms with Crippen molar-refractivity contribution in [2.45, 2.75) is 31.7 Å². The highest BCUT2D eigenvalue weighted by Crippen LogP contribution is 2.53. The molecular weight excluding hydrogens is 322 g/mol. The number of fused-ring (bicyclic) bond motifs is 3. The fourth-order valence-corrected chi connectivity index (χ4v) is 3.50. The molecule has 4 heteroatoms. The van der Waals surface area contributed by atoms with Gasteiger partial charge in [-0.05, 0) is 37.5 Å². The van der Waals surface area contributed by atoms with Crippen LogP contribution in [0.4, 0.5) is 0 Å². The first kappa shape index (κ1) is 10.3. The van der Waals surface area contributed by atoms with Crippen molar-refractivity contribution < 1.29 is 9.47 Å².